The average Bonchev–Trinajstić information content (AvgIpc) is 2.71. The Morgan fingerprint density at radius 1 is 1.12 bits per heavy atom. The molecule has 1 aliphatic heterocycles. The highest BCUT2D eigenvalue weighted by atomic mass is 16.4. The molecule has 0 atom stereocenters. The SMILES string of the molecule is CN(C)C(=O)c1cc2c(cc1CC(=O)O)CNC(=O)c1ccccc1-2. The highest BCUT2D eigenvalue weighted by Crippen LogP contribution is 2.32. The second-order valence-corrected chi connectivity index (χ2v) is 6.16. The van der Waals surface area contributed by atoms with Crippen LogP contribution >= 0.6 is 0 Å². The van der Waals surface area contributed by atoms with Crippen LogP contribution in [0.1, 0.15) is 31.8 Å². The molecule has 6 heteroatoms. The molecule has 0 fully saturated rings. The van der Waals surface area contributed by atoms with E-state index < -0.39 is 5.97 Å². The van der Waals surface area contributed by atoms with Crippen molar-refractivity contribution in [1.82, 2.24) is 10.2 Å². The third-order valence-corrected chi connectivity index (χ3v) is 4.21. The van der Waals surface area contributed by atoms with Crippen molar-refractivity contribution < 1.29 is 19.5 Å². The standard InChI is InChI=1S/C19H18N2O4/c1-21(2)19(25)16-9-15-12(7-11(16)8-17(22)23)10-20-18(24)14-6-4-3-5-13(14)15/h3-7,9H,8,10H2,1-2H3,(H,20,24)(H,22,23). The number of hydrogen-bond acceptors (Lipinski definition) is 3. The Morgan fingerprint density at radius 3 is 2.44 bits per heavy atom. The highest BCUT2D eigenvalue weighted by Gasteiger charge is 2.24. The molecular weight excluding hydrogens is 320 g/mol. The normalized spacial score (nSPS) is 12.5. The summed E-state index contributed by atoms with van der Waals surface area (Å²) in [6.07, 6.45) is -0.252. The molecule has 25 heavy (non-hydrogen) atoms. The third kappa shape index (κ3) is 3.10. The van der Waals surface area contributed by atoms with E-state index in [9.17, 15) is 19.5 Å². The maximum absolute atomic E-state index is 12.5. The van der Waals surface area contributed by atoms with E-state index in [1.54, 1.807) is 38.4 Å². The molecule has 0 radical (unpaired) electrons. The molecule has 0 saturated carbocycles. The lowest BCUT2D eigenvalue weighted by atomic mass is 9.90. The fourth-order valence-electron chi connectivity index (χ4n) is 3.03. The largest absolute Gasteiger partial charge is 0.481 e. The molecule has 0 spiro atoms. The first-order valence-electron chi connectivity index (χ1n) is 7.85. The summed E-state index contributed by atoms with van der Waals surface area (Å²) in [6.45, 7) is 0.284. The second kappa shape index (κ2) is 6.39. The van der Waals surface area contributed by atoms with Crippen LogP contribution in [0.15, 0.2) is 36.4 Å². The monoisotopic (exact) mass is 338 g/mol. The number of nitrogens with one attached hydrogen (secondary N) is 1. The molecule has 0 aromatic heterocycles. The van der Waals surface area contributed by atoms with Crippen LogP contribution in [0.25, 0.3) is 11.1 Å². The van der Waals surface area contributed by atoms with Crippen molar-refractivity contribution in [3.05, 3.63) is 58.7 Å². The fourth-order valence-corrected chi connectivity index (χ4v) is 3.03. The van der Waals surface area contributed by atoms with Crippen molar-refractivity contribution in [1.29, 1.82) is 0 Å². The number of rotatable bonds is 3. The predicted octanol–water partition coefficient (Wildman–Crippen LogP) is 1.93. The van der Waals surface area contributed by atoms with Crippen LogP contribution < -0.4 is 5.32 Å². The minimum Gasteiger partial charge on any atom is -0.481 e. The van der Waals surface area contributed by atoms with E-state index in [0.29, 0.717) is 16.7 Å². The fraction of sp³-hybridized carbons (Fsp3) is 0.211. The lowest BCUT2D eigenvalue weighted by molar-refractivity contribution is -0.136. The first-order chi connectivity index (χ1) is 11.9. The summed E-state index contributed by atoms with van der Waals surface area (Å²) < 4.78 is 0. The number of benzene rings is 2. The Bertz CT molecular complexity index is 887. The van der Waals surface area contributed by atoms with E-state index in [2.05, 4.69) is 5.32 Å². The Hall–Kier alpha value is -3.15. The van der Waals surface area contributed by atoms with Gasteiger partial charge in [-0.15, -0.1) is 0 Å². The predicted molar refractivity (Wildman–Crippen MR) is 92.4 cm³/mol. The molecule has 3 rings (SSSR count). The number of amides is 2. The van der Waals surface area contributed by atoms with E-state index in [1.165, 1.54) is 4.90 Å². The van der Waals surface area contributed by atoms with Gasteiger partial charge in [0.15, 0.2) is 0 Å². The summed E-state index contributed by atoms with van der Waals surface area (Å²) in [5.41, 5.74) is 3.63. The maximum Gasteiger partial charge on any atom is 0.307 e. The number of fused-ring (bicyclic) bond motifs is 3. The smallest absolute Gasteiger partial charge is 0.307 e. The van der Waals surface area contributed by atoms with Crippen LogP contribution in [0.3, 0.4) is 0 Å². The highest BCUT2D eigenvalue weighted by molar-refractivity contribution is 6.04. The Balaban J connectivity index is 2.26. The number of carboxylic acid groups (broad SMARTS) is 1. The quantitative estimate of drug-likeness (QED) is 0.895. The molecule has 0 unspecified atom stereocenters. The molecular formula is C19H18N2O4. The van der Waals surface area contributed by atoms with Crippen molar-refractivity contribution >= 4 is 17.8 Å². The number of carboxylic acids is 1. The molecule has 2 aromatic carbocycles. The number of aliphatic carboxylic acids is 1. The van der Waals surface area contributed by atoms with Gasteiger partial charge in [0, 0.05) is 31.8 Å². The van der Waals surface area contributed by atoms with Crippen molar-refractivity contribution in [3.8, 4) is 11.1 Å². The van der Waals surface area contributed by atoms with Gasteiger partial charge in [-0.3, -0.25) is 14.4 Å². The van der Waals surface area contributed by atoms with Gasteiger partial charge in [0.05, 0.1) is 6.42 Å². The zero-order chi connectivity index (χ0) is 18.1. The van der Waals surface area contributed by atoms with Gasteiger partial charge in [0.1, 0.15) is 0 Å². The number of hydrogen-bond donors (Lipinski definition) is 2. The van der Waals surface area contributed by atoms with Crippen LogP contribution in [0.2, 0.25) is 0 Å². The molecule has 6 nitrogen and oxygen atoms in total. The first kappa shape index (κ1) is 16.7. The summed E-state index contributed by atoms with van der Waals surface area (Å²) in [5, 5.41) is 12.0. The van der Waals surface area contributed by atoms with Gasteiger partial charge in [0.2, 0.25) is 0 Å². The Labute approximate surface area is 145 Å². The lowest BCUT2D eigenvalue weighted by Gasteiger charge is -2.17. The van der Waals surface area contributed by atoms with Gasteiger partial charge in [-0.2, -0.15) is 0 Å². The van der Waals surface area contributed by atoms with E-state index in [-0.39, 0.29) is 24.8 Å². The van der Waals surface area contributed by atoms with Crippen LogP contribution in [0, 0.1) is 0 Å². The Morgan fingerprint density at radius 2 is 1.80 bits per heavy atom. The topological polar surface area (TPSA) is 86.7 Å². The van der Waals surface area contributed by atoms with Gasteiger partial charge in [-0.05, 0) is 34.4 Å². The summed E-state index contributed by atoms with van der Waals surface area (Å²) >= 11 is 0. The minimum atomic E-state index is -1.01. The molecule has 0 aliphatic carbocycles. The molecule has 2 amide bonds. The van der Waals surface area contributed by atoms with Crippen molar-refractivity contribution in [2.45, 2.75) is 13.0 Å². The summed E-state index contributed by atoms with van der Waals surface area (Å²) in [5.74, 6) is -1.46. The van der Waals surface area contributed by atoms with E-state index >= 15 is 0 Å². The molecule has 2 N–H and O–H groups in total. The Kier molecular flexibility index (Phi) is 4.27. The van der Waals surface area contributed by atoms with Crippen LogP contribution in [-0.2, 0) is 17.8 Å². The van der Waals surface area contributed by atoms with Gasteiger partial charge in [-0.1, -0.05) is 24.3 Å². The van der Waals surface area contributed by atoms with Crippen molar-refractivity contribution in [2.24, 2.45) is 0 Å². The summed E-state index contributed by atoms with van der Waals surface area (Å²) in [6, 6.07) is 10.6. The van der Waals surface area contributed by atoms with E-state index in [0.717, 1.165) is 16.7 Å². The number of nitrogens with zero attached hydrogens (tertiary/aromatic N) is 1. The van der Waals surface area contributed by atoms with Gasteiger partial charge in [0.25, 0.3) is 11.8 Å². The van der Waals surface area contributed by atoms with E-state index in [4.69, 9.17) is 0 Å². The third-order valence-electron chi connectivity index (χ3n) is 4.21. The maximum atomic E-state index is 12.5. The number of carbonyl (C=O) groups excluding carboxylic acids is 2. The first-order valence-corrected chi connectivity index (χ1v) is 7.85. The molecule has 1 aliphatic rings. The zero-order valence-corrected chi connectivity index (χ0v) is 14.0. The molecule has 128 valence electrons. The summed E-state index contributed by atoms with van der Waals surface area (Å²) in [7, 11) is 3.25. The van der Waals surface area contributed by atoms with Crippen LogP contribution in [-0.4, -0.2) is 41.9 Å². The summed E-state index contributed by atoms with van der Waals surface area (Å²) in [4.78, 5) is 37.4. The van der Waals surface area contributed by atoms with Crippen molar-refractivity contribution in [3.63, 3.8) is 0 Å². The van der Waals surface area contributed by atoms with Gasteiger partial charge in [-0.25, -0.2) is 0 Å². The van der Waals surface area contributed by atoms with Gasteiger partial charge >= 0.3 is 5.97 Å². The lowest BCUT2D eigenvalue weighted by Crippen LogP contribution is -2.24. The molecule has 0 bridgehead atoms. The van der Waals surface area contributed by atoms with Crippen molar-refractivity contribution in [2.75, 3.05) is 14.1 Å². The van der Waals surface area contributed by atoms with E-state index in [1.807, 2.05) is 12.1 Å². The average molecular weight is 338 g/mol. The molecule has 2 aromatic rings. The van der Waals surface area contributed by atoms with Crippen LogP contribution in [0.5, 0.6) is 0 Å². The molecule has 1 heterocycles. The zero-order valence-electron chi connectivity index (χ0n) is 14.0. The molecule has 0 saturated heterocycles. The van der Waals surface area contributed by atoms with Gasteiger partial charge < -0.3 is 15.3 Å². The number of carbonyl (C=O) groups is 3. The minimum absolute atomic E-state index is 0.188. The second-order valence-electron chi connectivity index (χ2n) is 6.16. The van der Waals surface area contributed by atoms with Crippen LogP contribution in [0.4, 0.5) is 0 Å².